The molecule has 5 nitrogen and oxygen atoms in total. The van der Waals surface area contributed by atoms with Crippen molar-refractivity contribution in [3.63, 3.8) is 0 Å². The number of aryl methyl sites for hydroxylation is 1. The molecule has 2 atom stereocenters. The average Bonchev–Trinajstić information content (AvgIpc) is 3.32. The number of rotatable bonds is 8. The van der Waals surface area contributed by atoms with E-state index < -0.39 is 11.5 Å². The van der Waals surface area contributed by atoms with E-state index in [2.05, 4.69) is 16.2 Å². The summed E-state index contributed by atoms with van der Waals surface area (Å²) in [6.07, 6.45) is 9.66. The Morgan fingerprint density at radius 3 is 2.47 bits per heavy atom. The first-order valence-electron chi connectivity index (χ1n) is 12.1. The second-order valence-electron chi connectivity index (χ2n) is 10.3. The maximum atomic E-state index is 13.5. The predicted molar refractivity (Wildman–Crippen MR) is 139 cm³/mol. The van der Waals surface area contributed by atoms with Gasteiger partial charge in [-0.15, -0.1) is 0 Å². The third-order valence-corrected chi connectivity index (χ3v) is 6.33. The van der Waals surface area contributed by atoms with Gasteiger partial charge in [0.05, 0.1) is 18.2 Å². The molecule has 0 spiro atoms. The van der Waals surface area contributed by atoms with Crippen molar-refractivity contribution in [2.24, 2.45) is 5.92 Å². The first-order valence-corrected chi connectivity index (χ1v) is 12.1. The van der Waals surface area contributed by atoms with Gasteiger partial charge < -0.3 is 15.0 Å². The van der Waals surface area contributed by atoms with Crippen LogP contribution < -0.4 is 5.32 Å². The van der Waals surface area contributed by atoms with Crippen molar-refractivity contribution in [3.8, 4) is 0 Å². The van der Waals surface area contributed by atoms with E-state index in [0.717, 1.165) is 16.8 Å². The minimum Gasteiger partial charge on any atom is -0.383 e. The molecule has 0 radical (unpaired) electrons. The Labute approximate surface area is 211 Å². The largest absolute Gasteiger partial charge is 0.383 e. The zero-order valence-electron chi connectivity index (χ0n) is 20.9. The number of benzene rings is 2. The fraction of sp³-hybridized carbons (Fsp3) is 0.300. The van der Waals surface area contributed by atoms with Crippen molar-refractivity contribution in [3.05, 3.63) is 119 Å². The Morgan fingerprint density at radius 1 is 1.08 bits per heavy atom. The van der Waals surface area contributed by atoms with Crippen LogP contribution in [0.3, 0.4) is 0 Å². The summed E-state index contributed by atoms with van der Waals surface area (Å²) in [5.74, 6) is 1.13. The molecule has 36 heavy (non-hydrogen) atoms. The number of aromatic nitrogens is 2. The van der Waals surface area contributed by atoms with E-state index in [4.69, 9.17) is 0 Å². The van der Waals surface area contributed by atoms with Gasteiger partial charge >= 0.3 is 0 Å². The Hall–Kier alpha value is -3.73. The van der Waals surface area contributed by atoms with Gasteiger partial charge in [0.2, 0.25) is 0 Å². The third-order valence-electron chi connectivity index (χ3n) is 6.33. The van der Waals surface area contributed by atoms with Gasteiger partial charge in [0.1, 0.15) is 17.4 Å². The van der Waals surface area contributed by atoms with E-state index in [1.54, 1.807) is 30.7 Å². The molecule has 4 rings (SSSR count). The normalized spacial score (nSPS) is 17.3. The van der Waals surface area contributed by atoms with Crippen molar-refractivity contribution < 1.29 is 14.3 Å². The standard InChI is InChI=1S/C30H32FN3O2/c1-29(2,3)33-26-13-14-27(24(17-26)20-35)30(36,16-15-22-9-11-25(31)12-10-22)28-18-32-21-34(28)19-23-7-5-4-6-8-23/h4-14,17-18,21,27,33,36H,15-16,19H2,1-3H3. The number of halogens is 1. The molecule has 1 aliphatic carbocycles. The molecule has 0 fully saturated rings. The van der Waals surface area contributed by atoms with Crippen LogP contribution in [0.1, 0.15) is 44.0 Å². The Kier molecular flexibility index (Phi) is 7.39. The lowest BCUT2D eigenvalue weighted by atomic mass is 9.74. The smallest absolute Gasteiger partial charge is 0.128 e. The molecule has 0 saturated heterocycles. The van der Waals surface area contributed by atoms with Crippen molar-refractivity contribution in [1.29, 1.82) is 0 Å². The number of aliphatic hydroxyl groups is 1. The highest BCUT2D eigenvalue weighted by Gasteiger charge is 2.42. The van der Waals surface area contributed by atoms with Crippen molar-refractivity contribution >= 4 is 5.94 Å². The van der Waals surface area contributed by atoms with E-state index in [0.29, 0.717) is 30.7 Å². The van der Waals surface area contributed by atoms with Crippen LogP contribution >= 0.6 is 0 Å². The summed E-state index contributed by atoms with van der Waals surface area (Å²) in [6, 6.07) is 16.2. The number of allylic oxidation sites excluding steroid dienone is 2. The fourth-order valence-corrected chi connectivity index (χ4v) is 4.65. The molecule has 1 heterocycles. The average molecular weight is 486 g/mol. The summed E-state index contributed by atoms with van der Waals surface area (Å²) in [6.45, 7) is 6.65. The van der Waals surface area contributed by atoms with Gasteiger partial charge in [-0.25, -0.2) is 14.2 Å². The van der Waals surface area contributed by atoms with Crippen molar-refractivity contribution in [2.75, 3.05) is 0 Å². The van der Waals surface area contributed by atoms with Crippen LogP contribution in [0.2, 0.25) is 0 Å². The Balaban J connectivity index is 1.72. The Morgan fingerprint density at radius 2 is 1.81 bits per heavy atom. The van der Waals surface area contributed by atoms with Gasteiger partial charge in [0.25, 0.3) is 0 Å². The predicted octanol–water partition coefficient (Wildman–Crippen LogP) is 5.11. The molecule has 0 saturated carbocycles. The summed E-state index contributed by atoms with van der Waals surface area (Å²) < 4.78 is 15.4. The van der Waals surface area contributed by atoms with Gasteiger partial charge in [-0.3, -0.25) is 0 Å². The van der Waals surface area contributed by atoms with E-state index in [1.807, 2.05) is 67.8 Å². The fourth-order valence-electron chi connectivity index (χ4n) is 4.65. The molecule has 0 amide bonds. The number of imidazole rings is 1. The molecular formula is C30H32FN3O2. The molecule has 1 aromatic heterocycles. The topological polar surface area (TPSA) is 67.2 Å². The number of hydrogen-bond donors (Lipinski definition) is 2. The SMILES string of the molecule is CC(C)(C)NC1=CC(=C=O)C(C(O)(CCc2ccc(F)cc2)c2cncn2Cc2ccccc2)C=C1. The van der Waals surface area contributed by atoms with Gasteiger partial charge in [-0.1, -0.05) is 48.5 Å². The number of nitrogens with one attached hydrogen (secondary N) is 1. The van der Waals surface area contributed by atoms with Crippen LogP contribution in [0.4, 0.5) is 4.39 Å². The summed E-state index contributed by atoms with van der Waals surface area (Å²) in [7, 11) is 0. The van der Waals surface area contributed by atoms with Gasteiger partial charge in [-0.2, -0.15) is 0 Å². The third kappa shape index (κ3) is 5.91. The second kappa shape index (κ2) is 10.5. The van der Waals surface area contributed by atoms with Crippen LogP contribution in [0.5, 0.6) is 0 Å². The number of nitrogens with zero attached hydrogens (tertiary/aromatic N) is 2. The van der Waals surface area contributed by atoms with Crippen LogP contribution in [-0.4, -0.2) is 26.1 Å². The van der Waals surface area contributed by atoms with E-state index >= 15 is 0 Å². The minimum atomic E-state index is -1.45. The van der Waals surface area contributed by atoms with Crippen LogP contribution in [0.25, 0.3) is 0 Å². The van der Waals surface area contributed by atoms with Gasteiger partial charge in [0, 0.05) is 29.3 Å². The molecule has 6 heteroatoms. The highest BCUT2D eigenvalue weighted by molar-refractivity contribution is 5.63. The molecule has 3 aromatic rings. The monoisotopic (exact) mass is 485 g/mol. The lowest BCUT2D eigenvalue weighted by Gasteiger charge is -2.37. The zero-order chi connectivity index (χ0) is 25.8. The summed E-state index contributed by atoms with van der Waals surface area (Å²) in [4.78, 5) is 16.5. The molecule has 2 aromatic carbocycles. The maximum Gasteiger partial charge on any atom is 0.128 e. The molecular weight excluding hydrogens is 453 g/mol. The molecule has 186 valence electrons. The maximum absolute atomic E-state index is 13.5. The minimum absolute atomic E-state index is 0.190. The first-order chi connectivity index (χ1) is 17.2. The lowest BCUT2D eigenvalue weighted by molar-refractivity contribution is -0.00763. The summed E-state index contributed by atoms with van der Waals surface area (Å²) in [5.41, 5.74) is 2.08. The number of carbonyl (C=O) groups excluding carboxylic acids is 1. The van der Waals surface area contributed by atoms with E-state index in [9.17, 15) is 14.3 Å². The lowest BCUT2D eigenvalue weighted by Crippen LogP contribution is -2.40. The molecule has 0 bridgehead atoms. The van der Waals surface area contributed by atoms with E-state index in [1.165, 1.54) is 12.1 Å². The molecule has 0 aliphatic heterocycles. The molecule has 2 unspecified atom stereocenters. The Bertz CT molecular complexity index is 1300. The first kappa shape index (κ1) is 25.4. The van der Waals surface area contributed by atoms with Gasteiger partial charge in [-0.05, 0) is 69.0 Å². The van der Waals surface area contributed by atoms with Crippen LogP contribution in [0.15, 0.2) is 96.6 Å². The zero-order valence-corrected chi connectivity index (χ0v) is 20.9. The van der Waals surface area contributed by atoms with Crippen molar-refractivity contribution in [1.82, 2.24) is 14.9 Å². The summed E-state index contributed by atoms with van der Waals surface area (Å²) in [5, 5.41) is 15.7. The number of hydrogen-bond acceptors (Lipinski definition) is 4. The molecule has 2 N–H and O–H groups in total. The van der Waals surface area contributed by atoms with Gasteiger partial charge in [0.15, 0.2) is 0 Å². The quantitative estimate of drug-likeness (QED) is 0.436. The molecule has 1 aliphatic rings. The highest BCUT2D eigenvalue weighted by atomic mass is 19.1. The summed E-state index contributed by atoms with van der Waals surface area (Å²) >= 11 is 0. The van der Waals surface area contributed by atoms with Crippen LogP contribution in [0, 0.1) is 11.7 Å². The van der Waals surface area contributed by atoms with Crippen LogP contribution in [-0.2, 0) is 23.4 Å². The van der Waals surface area contributed by atoms with E-state index in [-0.39, 0.29) is 11.4 Å². The second-order valence-corrected chi connectivity index (χ2v) is 10.3. The van der Waals surface area contributed by atoms with Crippen molar-refractivity contribution in [2.45, 2.75) is 51.3 Å². The highest BCUT2D eigenvalue weighted by Crippen LogP contribution is 2.41.